The Labute approximate surface area is 76.4 Å². The van der Waals surface area contributed by atoms with Gasteiger partial charge in [-0.2, -0.15) is 0 Å². The fourth-order valence-corrected chi connectivity index (χ4v) is 3.40. The van der Waals surface area contributed by atoms with E-state index in [9.17, 15) is 4.21 Å². The SMILES string of the molecule is O=S1Cc2cccc(Br)c2C1. The number of rotatable bonds is 0. The van der Waals surface area contributed by atoms with Gasteiger partial charge in [0.05, 0.1) is 5.75 Å². The third-order valence-electron chi connectivity index (χ3n) is 1.84. The lowest BCUT2D eigenvalue weighted by Gasteiger charge is -1.97. The molecule has 0 radical (unpaired) electrons. The van der Waals surface area contributed by atoms with Crippen LogP contribution >= 0.6 is 15.9 Å². The van der Waals surface area contributed by atoms with Crippen LogP contribution in [0, 0.1) is 0 Å². The highest BCUT2D eigenvalue weighted by Gasteiger charge is 2.18. The van der Waals surface area contributed by atoms with Crippen molar-refractivity contribution in [3.63, 3.8) is 0 Å². The molecule has 0 bridgehead atoms. The minimum Gasteiger partial charge on any atom is -0.259 e. The Balaban J connectivity index is 2.57. The Hall–Kier alpha value is -0.150. The molecule has 0 aromatic heterocycles. The van der Waals surface area contributed by atoms with Crippen LogP contribution in [0.5, 0.6) is 0 Å². The van der Waals surface area contributed by atoms with Gasteiger partial charge in [0.25, 0.3) is 0 Å². The second kappa shape index (κ2) is 2.72. The molecule has 1 heterocycles. The van der Waals surface area contributed by atoms with E-state index in [1.54, 1.807) is 0 Å². The van der Waals surface area contributed by atoms with Crippen molar-refractivity contribution in [1.29, 1.82) is 0 Å². The summed E-state index contributed by atoms with van der Waals surface area (Å²) in [5.74, 6) is 1.45. The fraction of sp³-hybridized carbons (Fsp3) is 0.250. The molecule has 2 rings (SSSR count). The Morgan fingerprint density at radius 3 is 2.91 bits per heavy atom. The van der Waals surface area contributed by atoms with Crippen molar-refractivity contribution in [1.82, 2.24) is 0 Å². The van der Waals surface area contributed by atoms with Crippen LogP contribution in [0.4, 0.5) is 0 Å². The van der Waals surface area contributed by atoms with Gasteiger partial charge in [-0.05, 0) is 17.2 Å². The molecule has 1 aromatic rings. The minimum absolute atomic E-state index is 0.660. The zero-order chi connectivity index (χ0) is 7.84. The number of halogens is 1. The first-order chi connectivity index (χ1) is 5.27. The quantitative estimate of drug-likeness (QED) is 0.669. The Kier molecular flexibility index (Phi) is 1.85. The van der Waals surface area contributed by atoms with Crippen LogP contribution in [-0.4, -0.2) is 4.21 Å². The lowest BCUT2D eigenvalue weighted by molar-refractivity contribution is 0.684. The molecule has 3 heteroatoms. The van der Waals surface area contributed by atoms with Gasteiger partial charge in [-0.3, -0.25) is 4.21 Å². The molecule has 1 aliphatic heterocycles. The molecule has 0 saturated carbocycles. The fourth-order valence-electron chi connectivity index (χ4n) is 1.29. The largest absolute Gasteiger partial charge is 0.259 e. The molecule has 1 aromatic carbocycles. The summed E-state index contributed by atoms with van der Waals surface area (Å²) in [6, 6.07) is 6.04. The summed E-state index contributed by atoms with van der Waals surface area (Å²) >= 11 is 3.44. The van der Waals surface area contributed by atoms with E-state index in [1.807, 2.05) is 18.2 Å². The van der Waals surface area contributed by atoms with E-state index in [-0.39, 0.29) is 0 Å². The summed E-state index contributed by atoms with van der Waals surface area (Å²) in [5.41, 5.74) is 2.46. The Morgan fingerprint density at radius 1 is 1.36 bits per heavy atom. The molecular weight excluding hydrogens is 224 g/mol. The van der Waals surface area contributed by atoms with Gasteiger partial charge < -0.3 is 0 Å². The molecule has 0 amide bonds. The van der Waals surface area contributed by atoms with Gasteiger partial charge in [0, 0.05) is 21.0 Å². The van der Waals surface area contributed by atoms with Gasteiger partial charge in [0.1, 0.15) is 0 Å². The van der Waals surface area contributed by atoms with Crippen molar-refractivity contribution in [2.24, 2.45) is 0 Å². The first-order valence-electron chi connectivity index (χ1n) is 3.38. The number of hydrogen-bond acceptors (Lipinski definition) is 1. The average molecular weight is 231 g/mol. The highest BCUT2D eigenvalue weighted by atomic mass is 79.9. The van der Waals surface area contributed by atoms with E-state index < -0.39 is 10.8 Å². The van der Waals surface area contributed by atoms with E-state index in [2.05, 4.69) is 15.9 Å². The summed E-state index contributed by atoms with van der Waals surface area (Å²) in [6.07, 6.45) is 0. The minimum atomic E-state index is -0.660. The predicted octanol–water partition coefficient (Wildman–Crippen LogP) is 2.21. The predicted molar refractivity (Wildman–Crippen MR) is 49.7 cm³/mol. The zero-order valence-electron chi connectivity index (χ0n) is 5.84. The highest BCUT2D eigenvalue weighted by molar-refractivity contribution is 9.10. The van der Waals surface area contributed by atoms with E-state index in [1.165, 1.54) is 11.1 Å². The number of hydrogen-bond donors (Lipinski definition) is 0. The van der Waals surface area contributed by atoms with Crippen molar-refractivity contribution < 1.29 is 4.21 Å². The van der Waals surface area contributed by atoms with Gasteiger partial charge in [0.15, 0.2) is 0 Å². The maximum absolute atomic E-state index is 11.1. The molecule has 11 heavy (non-hydrogen) atoms. The van der Waals surface area contributed by atoms with Crippen LogP contribution in [0.1, 0.15) is 11.1 Å². The van der Waals surface area contributed by atoms with E-state index >= 15 is 0 Å². The monoisotopic (exact) mass is 230 g/mol. The zero-order valence-corrected chi connectivity index (χ0v) is 8.24. The van der Waals surface area contributed by atoms with Crippen LogP contribution in [0.2, 0.25) is 0 Å². The highest BCUT2D eigenvalue weighted by Crippen LogP contribution is 2.28. The molecule has 1 aliphatic rings. The van der Waals surface area contributed by atoms with Crippen molar-refractivity contribution in [2.45, 2.75) is 11.5 Å². The van der Waals surface area contributed by atoms with Crippen LogP contribution in [0.25, 0.3) is 0 Å². The van der Waals surface area contributed by atoms with Gasteiger partial charge in [-0.15, -0.1) is 0 Å². The molecule has 0 aliphatic carbocycles. The average Bonchev–Trinajstić information content (AvgIpc) is 2.31. The van der Waals surface area contributed by atoms with Crippen molar-refractivity contribution in [3.8, 4) is 0 Å². The summed E-state index contributed by atoms with van der Waals surface area (Å²) in [7, 11) is -0.660. The molecule has 58 valence electrons. The summed E-state index contributed by atoms with van der Waals surface area (Å²) < 4.78 is 12.2. The van der Waals surface area contributed by atoms with Crippen molar-refractivity contribution in [2.75, 3.05) is 0 Å². The van der Waals surface area contributed by atoms with Gasteiger partial charge in [-0.1, -0.05) is 28.1 Å². The number of benzene rings is 1. The molecule has 0 fully saturated rings. The molecule has 1 atom stereocenters. The summed E-state index contributed by atoms with van der Waals surface area (Å²) in [4.78, 5) is 0. The molecule has 1 unspecified atom stereocenters. The normalized spacial score (nSPS) is 21.7. The third-order valence-corrected chi connectivity index (χ3v) is 3.82. The van der Waals surface area contributed by atoms with E-state index in [0.29, 0.717) is 0 Å². The van der Waals surface area contributed by atoms with Gasteiger partial charge in [-0.25, -0.2) is 0 Å². The maximum atomic E-state index is 11.1. The maximum Gasteiger partial charge on any atom is 0.0503 e. The lowest BCUT2D eigenvalue weighted by Crippen LogP contribution is -1.83. The second-order valence-electron chi connectivity index (χ2n) is 2.61. The number of fused-ring (bicyclic) bond motifs is 1. The van der Waals surface area contributed by atoms with E-state index in [0.717, 1.165) is 16.0 Å². The molecule has 0 saturated heterocycles. The lowest BCUT2D eigenvalue weighted by atomic mass is 10.1. The molecule has 0 N–H and O–H groups in total. The second-order valence-corrected chi connectivity index (χ2v) is 4.92. The van der Waals surface area contributed by atoms with Crippen LogP contribution in [0.3, 0.4) is 0 Å². The molecule has 1 nitrogen and oxygen atoms in total. The van der Waals surface area contributed by atoms with Gasteiger partial charge in [0.2, 0.25) is 0 Å². The Bertz CT molecular complexity index is 322. The van der Waals surface area contributed by atoms with E-state index in [4.69, 9.17) is 0 Å². The first-order valence-corrected chi connectivity index (χ1v) is 5.67. The standard InChI is InChI=1S/C8H7BrOS/c9-8-3-1-2-6-4-11(10)5-7(6)8/h1-3H,4-5H2. The summed E-state index contributed by atoms with van der Waals surface area (Å²) in [6.45, 7) is 0. The van der Waals surface area contributed by atoms with Crippen molar-refractivity contribution in [3.05, 3.63) is 33.8 Å². The topological polar surface area (TPSA) is 17.1 Å². The summed E-state index contributed by atoms with van der Waals surface area (Å²) in [5, 5.41) is 0. The van der Waals surface area contributed by atoms with Crippen LogP contribution in [-0.2, 0) is 22.3 Å². The van der Waals surface area contributed by atoms with Crippen molar-refractivity contribution >= 4 is 26.7 Å². The van der Waals surface area contributed by atoms with Gasteiger partial charge >= 0.3 is 0 Å². The molecule has 0 spiro atoms. The third kappa shape index (κ3) is 1.27. The first kappa shape index (κ1) is 7.50. The van der Waals surface area contributed by atoms with Crippen LogP contribution in [0.15, 0.2) is 22.7 Å². The molecular formula is C8H7BrOS. The smallest absolute Gasteiger partial charge is 0.0503 e. The Morgan fingerprint density at radius 2 is 2.18 bits per heavy atom. The van der Waals surface area contributed by atoms with Crippen LogP contribution < -0.4 is 0 Å².